The van der Waals surface area contributed by atoms with Crippen molar-refractivity contribution in [3.05, 3.63) is 30.1 Å². The number of aliphatic hydroxyl groups is 1. The number of hydrogen-bond acceptors (Lipinski definition) is 3. The molecule has 0 saturated carbocycles. The third-order valence-corrected chi connectivity index (χ3v) is 3.90. The summed E-state index contributed by atoms with van der Waals surface area (Å²) in [4.78, 5) is 19.9. The highest BCUT2D eigenvalue weighted by Crippen LogP contribution is 2.21. The number of para-hydroxylation sites is 2. The molecular formula is C17H26N4O2. The first kappa shape index (κ1) is 17.3. The average Bonchev–Trinajstić information content (AvgIpc) is 2.93. The van der Waals surface area contributed by atoms with Gasteiger partial charge < -0.3 is 20.7 Å². The molecule has 0 fully saturated rings. The fourth-order valence-corrected chi connectivity index (χ4v) is 2.30. The zero-order valence-electron chi connectivity index (χ0n) is 14.1. The number of aliphatic hydroxyl groups excluding tert-OH is 1. The number of nitrogens with zero attached hydrogens (tertiary/aromatic N) is 1. The van der Waals surface area contributed by atoms with Gasteiger partial charge in [-0.2, -0.15) is 0 Å². The van der Waals surface area contributed by atoms with Crippen molar-refractivity contribution in [3.8, 4) is 0 Å². The highest BCUT2D eigenvalue weighted by molar-refractivity contribution is 5.76. The molecule has 4 N–H and O–H groups in total. The van der Waals surface area contributed by atoms with Crippen LogP contribution < -0.4 is 10.6 Å². The Morgan fingerprint density at radius 1 is 1.22 bits per heavy atom. The number of H-pyrrole nitrogens is 1. The molecular weight excluding hydrogens is 292 g/mol. The number of carbonyl (C=O) groups is 1. The number of hydrogen-bond donors (Lipinski definition) is 4. The minimum Gasteiger partial charge on any atom is -0.391 e. The molecule has 126 valence electrons. The van der Waals surface area contributed by atoms with Crippen LogP contribution in [0, 0.1) is 11.8 Å². The first-order valence-electron chi connectivity index (χ1n) is 8.05. The predicted molar refractivity (Wildman–Crippen MR) is 91.1 cm³/mol. The zero-order valence-corrected chi connectivity index (χ0v) is 14.1. The van der Waals surface area contributed by atoms with E-state index in [0.29, 0.717) is 0 Å². The van der Waals surface area contributed by atoms with Gasteiger partial charge in [-0.15, -0.1) is 0 Å². The Hall–Kier alpha value is -2.08. The summed E-state index contributed by atoms with van der Waals surface area (Å²) in [6.07, 6.45) is -0.551. The molecule has 6 heteroatoms. The summed E-state index contributed by atoms with van der Waals surface area (Å²) in [5, 5.41) is 15.4. The standard InChI is InChI=1S/C17H26N4O2/c1-10(2)14(22)9-18-17(23)21-15(11(3)4)16-19-12-7-5-6-8-13(12)20-16/h5-8,10-11,14-15,22H,9H2,1-4H3,(H,19,20)(H2,18,21,23). The first-order chi connectivity index (χ1) is 10.9. The largest absolute Gasteiger partial charge is 0.391 e. The normalized spacial score (nSPS) is 14.2. The summed E-state index contributed by atoms with van der Waals surface area (Å²) in [7, 11) is 0. The van der Waals surface area contributed by atoms with Gasteiger partial charge in [0.25, 0.3) is 0 Å². The maximum Gasteiger partial charge on any atom is 0.315 e. The van der Waals surface area contributed by atoms with E-state index in [1.165, 1.54) is 0 Å². The molecule has 1 aromatic heterocycles. The molecule has 0 spiro atoms. The van der Waals surface area contributed by atoms with E-state index in [0.717, 1.165) is 16.9 Å². The van der Waals surface area contributed by atoms with Crippen molar-refractivity contribution in [1.29, 1.82) is 0 Å². The molecule has 6 nitrogen and oxygen atoms in total. The lowest BCUT2D eigenvalue weighted by Crippen LogP contribution is -2.43. The van der Waals surface area contributed by atoms with Gasteiger partial charge in [0.05, 0.1) is 23.2 Å². The zero-order chi connectivity index (χ0) is 17.0. The third-order valence-electron chi connectivity index (χ3n) is 3.90. The average molecular weight is 318 g/mol. The van der Waals surface area contributed by atoms with Crippen molar-refractivity contribution in [2.45, 2.75) is 39.8 Å². The van der Waals surface area contributed by atoms with Gasteiger partial charge in [-0.3, -0.25) is 0 Å². The van der Waals surface area contributed by atoms with E-state index in [1.54, 1.807) is 0 Å². The van der Waals surface area contributed by atoms with Gasteiger partial charge in [-0.05, 0) is 24.0 Å². The van der Waals surface area contributed by atoms with Crippen molar-refractivity contribution in [1.82, 2.24) is 20.6 Å². The fourth-order valence-electron chi connectivity index (χ4n) is 2.30. The number of aromatic nitrogens is 2. The number of benzene rings is 1. The lowest BCUT2D eigenvalue weighted by molar-refractivity contribution is 0.124. The van der Waals surface area contributed by atoms with Gasteiger partial charge >= 0.3 is 6.03 Å². The second-order valence-electron chi connectivity index (χ2n) is 6.53. The molecule has 0 aliphatic heterocycles. The van der Waals surface area contributed by atoms with E-state index in [9.17, 15) is 9.90 Å². The molecule has 2 atom stereocenters. The van der Waals surface area contributed by atoms with Crippen molar-refractivity contribution in [2.75, 3.05) is 6.54 Å². The lowest BCUT2D eigenvalue weighted by atomic mass is 10.0. The van der Waals surface area contributed by atoms with Crippen LogP contribution in [0.15, 0.2) is 24.3 Å². The third kappa shape index (κ3) is 4.45. The summed E-state index contributed by atoms with van der Waals surface area (Å²) in [5.41, 5.74) is 1.83. The molecule has 2 rings (SSSR count). The highest BCUT2D eigenvalue weighted by Gasteiger charge is 2.22. The van der Waals surface area contributed by atoms with Crippen molar-refractivity contribution < 1.29 is 9.90 Å². The van der Waals surface area contributed by atoms with E-state index in [4.69, 9.17) is 0 Å². The van der Waals surface area contributed by atoms with E-state index in [1.807, 2.05) is 52.0 Å². The van der Waals surface area contributed by atoms with E-state index in [-0.39, 0.29) is 30.5 Å². The van der Waals surface area contributed by atoms with Crippen molar-refractivity contribution >= 4 is 17.1 Å². The maximum atomic E-state index is 12.1. The molecule has 0 bridgehead atoms. The number of carbonyl (C=O) groups excluding carboxylic acids is 1. The Balaban J connectivity index is 2.05. The second kappa shape index (κ2) is 7.46. The first-order valence-corrected chi connectivity index (χ1v) is 8.05. The van der Waals surface area contributed by atoms with Gasteiger partial charge in [0.2, 0.25) is 0 Å². The van der Waals surface area contributed by atoms with Gasteiger partial charge in [0.15, 0.2) is 0 Å². The minimum atomic E-state index is -0.551. The summed E-state index contributed by atoms with van der Waals surface area (Å²) in [5.74, 6) is 1.02. The number of nitrogens with one attached hydrogen (secondary N) is 3. The van der Waals surface area contributed by atoms with Crippen LogP contribution in [0.5, 0.6) is 0 Å². The summed E-state index contributed by atoms with van der Waals surface area (Å²) < 4.78 is 0. The van der Waals surface area contributed by atoms with Crippen LogP contribution in [0.4, 0.5) is 4.79 Å². The van der Waals surface area contributed by atoms with Crippen LogP contribution in [0.2, 0.25) is 0 Å². The monoisotopic (exact) mass is 318 g/mol. The Bertz CT molecular complexity index is 618. The number of amides is 2. The maximum absolute atomic E-state index is 12.1. The van der Waals surface area contributed by atoms with E-state index in [2.05, 4.69) is 20.6 Å². The molecule has 0 aliphatic rings. The summed E-state index contributed by atoms with van der Waals surface area (Å²) in [6.45, 7) is 8.11. The smallest absolute Gasteiger partial charge is 0.315 e. The van der Waals surface area contributed by atoms with Gasteiger partial charge in [0.1, 0.15) is 5.82 Å². The Labute approximate surface area is 136 Å². The fraction of sp³-hybridized carbons (Fsp3) is 0.529. The highest BCUT2D eigenvalue weighted by atomic mass is 16.3. The van der Waals surface area contributed by atoms with Crippen molar-refractivity contribution in [3.63, 3.8) is 0 Å². The lowest BCUT2D eigenvalue weighted by Gasteiger charge is -2.22. The Morgan fingerprint density at radius 3 is 2.52 bits per heavy atom. The molecule has 2 amide bonds. The van der Waals surface area contributed by atoms with Gasteiger partial charge in [-0.1, -0.05) is 39.8 Å². The molecule has 1 heterocycles. The van der Waals surface area contributed by atoms with Crippen LogP contribution in [0.1, 0.15) is 39.6 Å². The van der Waals surface area contributed by atoms with Crippen LogP contribution in [-0.4, -0.2) is 33.8 Å². The van der Waals surface area contributed by atoms with Crippen LogP contribution >= 0.6 is 0 Å². The number of imidazole rings is 1. The van der Waals surface area contributed by atoms with Crippen LogP contribution in [0.25, 0.3) is 11.0 Å². The molecule has 1 aromatic carbocycles. The summed E-state index contributed by atoms with van der Waals surface area (Å²) >= 11 is 0. The van der Waals surface area contributed by atoms with Gasteiger partial charge in [0, 0.05) is 6.54 Å². The molecule has 0 aliphatic carbocycles. The number of urea groups is 1. The number of aromatic amines is 1. The quantitative estimate of drug-likeness (QED) is 0.660. The Morgan fingerprint density at radius 2 is 1.91 bits per heavy atom. The van der Waals surface area contributed by atoms with Crippen LogP contribution in [0.3, 0.4) is 0 Å². The topological polar surface area (TPSA) is 90.0 Å². The minimum absolute atomic E-state index is 0.103. The predicted octanol–water partition coefficient (Wildman–Crippen LogP) is 2.58. The summed E-state index contributed by atoms with van der Waals surface area (Å²) in [6, 6.07) is 7.25. The van der Waals surface area contributed by atoms with Crippen LogP contribution in [-0.2, 0) is 0 Å². The number of fused-ring (bicyclic) bond motifs is 1. The Kier molecular flexibility index (Phi) is 5.60. The molecule has 23 heavy (non-hydrogen) atoms. The second-order valence-corrected chi connectivity index (χ2v) is 6.53. The number of rotatable bonds is 6. The molecule has 0 saturated heterocycles. The molecule has 2 unspecified atom stereocenters. The van der Waals surface area contributed by atoms with E-state index >= 15 is 0 Å². The van der Waals surface area contributed by atoms with Crippen molar-refractivity contribution in [2.24, 2.45) is 11.8 Å². The van der Waals surface area contributed by atoms with Gasteiger partial charge in [-0.25, -0.2) is 9.78 Å². The molecule has 0 radical (unpaired) electrons. The SMILES string of the molecule is CC(C)C(O)CNC(=O)NC(c1nc2ccccc2[nH]1)C(C)C. The molecule has 2 aromatic rings. The van der Waals surface area contributed by atoms with E-state index < -0.39 is 6.10 Å².